The molecule has 3 aliphatic carbocycles. The van der Waals surface area contributed by atoms with Crippen LogP contribution in [0.25, 0.3) is 0 Å². The van der Waals surface area contributed by atoms with Crippen molar-refractivity contribution in [3.63, 3.8) is 0 Å². The van der Waals surface area contributed by atoms with E-state index in [1.807, 2.05) is 43.5 Å². The number of hydrogen-bond donors (Lipinski definition) is 0. The van der Waals surface area contributed by atoms with E-state index in [0.29, 0.717) is 31.2 Å². The van der Waals surface area contributed by atoms with E-state index >= 15 is 0 Å². The van der Waals surface area contributed by atoms with Gasteiger partial charge in [-0.2, -0.15) is 0 Å². The number of esters is 2. The molecule has 1 saturated heterocycles. The number of ether oxygens (including phenoxy) is 3. The van der Waals surface area contributed by atoms with Crippen LogP contribution in [0.5, 0.6) is 5.75 Å². The van der Waals surface area contributed by atoms with Crippen LogP contribution in [0.15, 0.2) is 48.5 Å². The van der Waals surface area contributed by atoms with Gasteiger partial charge in [0.2, 0.25) is 0 Å². The van der Waals surface area contributed by atoms with Gasteiger partial charge in [-0.25, -0.2) is 0 Å². The number of rotatable bonds is 15. The van der Waals surface area contributed by atoms with Crippen molar-refractivity contribution in [2.75, 3.05) is 20.2 Å². The molecule has 0 amide bonds. The van der Waals surface area contributed by atoms with Gasteiger partial charge in [-0.3, -0.25) is 14.5 Å². The fourth-order valence-corrected chi connectivity index (χ4v) is 9.01. The predicted octanol–water partition coefficient (Wildman–Crippen LogP) is 8.08. The lowest BCUT2D eigenvalue weighted by molar-refractivity contribution is -0.187. The van der Waals surface area contributed by atoms with Crippen molar-refractivity contribution >= 4 is 11.9 Å². The Morgan fingerprint density at radius 2 is 1.58 bits per heavy atom. The zero-order valence-corrected chi connectivity index (χ0v) is 27.4. The highest BCUT2D eigenvalue weighted by Gasteiger charge is 2.64. The SMILES string of the molecule is CO[C@@]12CCCC[C@@]13CCN(CC1CCC1)[C@@H]2Cc1ccc(OC(=O)CCCCCCCCC(=O)OCc2ccccc2)cc13. The molecule has 4 aliphatic rings. The standard InChI is InChI=1S/C39H53NO5/c1-43-39-23-12-11-22-38(39)24-25-40(28-30-16-13-17-30)35(39)26-32-20-21-33(27-34(32)38)45-37(42)19-10-5-3-2-4-9-18-36(41)44-29-31-14-7-6-8-15-31/h6-8,14-15,20-21,27,30,35H,2-5,9-13,16-19,22-26,28-29H2,1H3/t35-,38+,39-/m1/s1. The Balaban J connectivity index is 0.951. The lowest BCUT2D eigenvalue weighted by Gasteiger charge is -2.65. The summed E-state index contributed by atoms with van der Waals surface area (Å²) in [6, 6.07) is 16.7. The van der Waals surface area contributed by atoms with Crippen molar-refractivity contribution in [2.45, 2.75) is 133 Å². The Morgan fingerprint density at radius 1 is 0.844 bits per heavy atom. The second-order valence-electron chi connectivity index (χ2n) is 14.2. The molecule has 0 radical (unpaired) electrons. The Morgan fingerprint density at radius 3 is 2.31 bits per heavy atom. The zero-order chi connectivity index (χ0) is 31.1. The maximum atomic E-state index is 12.8. The van der Waals surface area contributed by atoms with E-state index in [2.05, 4.69) is 17.0 Å². The molecule has 3 fully saturated rings. The lowest BCUT2D eigenvalue weighted by Crippen LogP contribution is -2.73. The van der Waals surface area contributed by atoms with Crippen LogP contribution in [0.3, 0.4) is 0 Å². The Hall–Kier alpha value is -2.70. The molecule has 2 bridgehead atoms. The van der Waals surface area contributed by atoms with Crippen molar-refractivity contribution in [1.29, 1.82) is 0 Å². The van der Waals surface area contributed by atoms with E-state index in [9.17, 15) is 9.59 Å². The number of fused-ring (bicyclic) bond motifs is 1. The van der Waals surface area contributed by atoms with Gasteiger partial charge < -0.3 is 14.2 Å². The average Bonchev–Trinajstić information content (AvgIpc) is 3.04. The quantitative estimate of drug-likeness (QED) is 0.115. The van der Waals surface area contributed by atoms with Gasteiger partial charge in [0.15, 0.2) is 0 Å². The maximum absolute atomic E-state index is 12.8. The minimum absolute atomic E-state index is 0.00934. The molecule has 0 N–H and O–H groups in total. The van der Waals surface area contributed by atoms with Crippen molar-refractivity contribution in [3.8, 4) is 5.75 Å². The zero-order valence-electron chi connectivity index (χ0n) is 27.4. The number of likely N-dealkylation sites (tertiary alicyclic amines) is 1. The first-order chi connectivity index (χ1) is 22.0. The monoisotopic (exact) mass is 615 g/mol. The first kappa shape index (κ1) is 32.2. The summed E-state index contributed by atoms with van der Waals surface area (Å²) in [6.07, 6.45) is 17.8. The fraction of sp³-hybridized carbons (Fsp3) is 0.641. The molecule has 0 unspecified atom stereocenters. The summed E-state index contributed by atoms with van der Waals surface area (Å²) < 4.78 is 18.0. The van der Waals surface area contributed by atoms with Crippen molar-refractivity contribution in [1.82, 2.24) is 4.90 Å². The summed E-state index contributed by atoms with van der Waals surface area (Å²) in [5, 5.41) is 0. The first-order valence-electron chi connectivity index (χ1n) is 17.9. The van der Waals surface area contributed by atoms with Gasteiger partial charge >= 0.3 is 11.9 Å². The largest absolute Gasteiger partial charge is 0.461 e. The Bertz CT molecular complexity index is 1290. The number of methoxy groups -OCH3 is 1. The predicted molar refractivity (Wildman–Crippen MR) is 176 cm³/mol. The van der Waals surface area contributed by atoms with Crippen LogP contribution in [0.2, 0.25) is 0 Å². The third kappa shape index (κ3) is 7.02. The summed E-state index contributed by atoms with van der Waals surface area (Å²) in [5.41, 5.74) is 3.69. The van der Waals surface area contributed by atoms with Gasteiger partial charge in [-0.05, 0) is 92.7 Å². The number of nitrogens with zero attached hydrogens (tertiary/aromatic N) is 1. The van der Waals surface area contributed by atoms with Crippen LogP contribution in [0, 0.1) is 5.92 Å². The highest BCUT2D eigenvalue weighted by atomic mass is 16.5. The third-order valence-electron chi connectivity index (χ3n) is 11.6. The normalized spacial score (nSPS) is 25.9. The van der Waals surface area contributed by atoms with Crippen LogP contribution >= 0.6 is 0 Å². The molecule has 45 heavy (non-hydrogen) atoms. The first-order valence-corrected chi connectivity index (χ1v) is 17.9. The van der Waals surface area contributed by atoms with Gasteiger partial charge in [-0.15, -0.1) is 0 Å². The molecule has 244 valence electrons. The molecule has 2 aromatic rings. The van der Waals surface area contributed by atoms with E-state index in [1.54, 1.807) is 0 Å². The molecule has 2 saturated carbocycles. The molecular formula is C39H53NO5. The second kappa shape index (κ2) is 14.8. The number of benzene rings is 2. The molecule has 3 atom stereocenters. The molecular weight excluding hydrogens is 562 g/mol. The number of piperidine rings is 1. The van der Waals surface area contributed by atoms with E-state index in [0.717, 1.165) is 82.2 Å². The van der Waals surface area contributed by atoms with Crippen LogP contribution in [0.4, 0.5) is 0 Å². The lowest BCUT2D eigenvalue weighted by atomic mass is 9.49. The second-order valence-corrected chi connectivity index (χ2v) is 14.2. The number of unbranched alkanes of at least 4 members (excludes halogenated alkanes) is 5. The molecule has 6 rings (SSSR count). The Kier molecular flexibility index (Phi) is 10.6. The number of carbonyl (C=O) groups is 2. The minimum atomic E-state index is -0.147. The fourth-order valence-electron chi connectivity index (χ4n) is 9.01. The topological polar surface area (TPSA) is 65.1 Å². The van der Waals surface area contributed by atoms with Crippen molar-refractivity contribution in [3.05, 3.63) is 65.2 Å². The van der Waals surface area contributed by atoms with Gasteiger partial charge in [0.1, 0.15) is 12.4 Å². The summed E-state index contributed by atoms with van der Waals surface area (Å²) in [6.45, 7) is 2.71. The summed E-state index contributed by atoms with van der Waals surface area (Å²) in [4.78, 5) is 27.6. The van der Waals surface area contributed by atoms with E-state index in [-0.39, 0.29) is 23.0 Å². The maximum Gasteiger partial charge on any atom is 0.311 e. The van der Waals surface area contributed by atoms with Gasteiger partial charge in [0.05, 0.1) is 5.60 Å². The van der Waals surface area contributed by atoms with Gasteiger partial charge in [0, 0.05) is 38.0 Å². The van der Waals surface area contributed by atoms with E-state index in [4.69, 9.17) is 14.2 Å². The highest BCUT2D eigenvalue weighted by Crippen LogP contribution is 2.60. The van der Waals surface area contributed by atoms with Crippen molar-refractivity contribution < 1.29 is 23.8 Å². The van der Waals surface area contributed by atoms with Crippen LogP contribution in [-0.4, -0.2) is 48.7 Å². The summed E-state index contributed by atoms with van der Waals surface area (Å²) >= 11 is 0. The number of hydrogen-bond acceptors (Lipinski definition) is 6. The van der Waals surface area contributed by atoms with Crippen molar-refractivity contribution in [2.24, 2.45) is 5.92 Å². The van der Waals surface area contributed by atoms with Crippen LogP contribution in [0.1, 0.15) is 119 Å². The molecule has 1 heterocycles. The van der Waals surface area contributed by atoms with Gasteiger partial charge in [0.25, 0.3) is 0 Å². The summed E-state index contributed by atoms with van der Waals surface area (Å²) in [5.74, 6) is 1.28. The number of carbonyl (C=O) groups excluding carboxylic acids is 2. The van der Waals surface area contributed by atoms with E-state index in [1.165, 1.54) is 49.8 Å². The highest BCUT2D eigenvalue weighted by molar-refractivity contribution is 5.72. The molecule has 0 spiro atoms. The summed E-state index contributed by atoms with van der Waals surface area (Å²) in [7, 11) is 1.95. The van der Waals surface area contributed by atoms with Crippen LogP contribution < -0.4 is 4.74 Å². The smallest absolute Gasteiger partial charge is 0.311 e. The third-order valence-corrected chi connectivity index (χ3v) is 11.6. The average molecular weight is 616 g/mol. The molecule has 6 nitrogen and oxygen atoms in total. The molecule has 2 aromatic carbocycles. The van der Waals surface area contributed by atoms with Gasteiger partial charge in [-0.1, -0.05) is 81.3 Å². The van der Waals surface area contributed by atoms with E-state index < -0.39 is 0 Å². The van der Waals surface area contributed by atoms with Crippen LogP contribution in [-0.2, 0) is 37.5 Å². The minimum Gasteiger partial charge on any atom is -0.461 e. The Labute approximate surface area is 270 Å². The molecule has 1 aliphatic heterocycles. The molecule has 6 heteroatoms. The molecule has 0 aromatic heterocycles.